The number of aromatic nitrogens is 1. The van der Waals surface area contributed by atoms with Crippen LogP contribution in [0.15, 0.2) is 59.0 Å². The van der Waals surface area contributed by atoms with Crippen LogP contribution in [0.3, 0.4) is 0 Å². The Kier molecular flexibility index (Phi) is 4.23. The summed E-state index contributed by atoms with van der Waals surface area (Å²) in [5.41, 5.74) is 2.01. The van der Waals surface area contributed by atoms with Crippen LogP contribution in [0.1, 0.15) is 0 Å². The molecule has 0 fully saturated rings. The molecular weight excluding hydrogens is 370 g/mol. The summed E-state index contributed by atoms with van der Waals surface area (Å²) in [4.78, 5) is 15.0. The number of nitro groups is 1. The maximum atomic E-state index is 13.5. The van der Waals surface area contributed by atoms with E-state index in [9.17, 15) is 18.9 Å². The minimum atomic E-state index is -0.679. The van der Waals surface area contributed by atoms with Crippen LogP contribution < -0.4 is 4.74 Å². The van der Waals surface area contributed by atoms with Crippen molar-refractivity contribution in [2.45, 2.75) is 0 Å². The second-order valence-electron chi connectivity index (χ2n) is 6.00. The average Bonchev–Trinajstić information content (AvgIpc) is 3.10. The Morgan fingerprint density at radius 2 is 1.68 bits per heavy atom. The van der Waals surface area contributed by atoms with Crippen molar-refractivity contribution in [3.05, 3.63) is 76.3 Å². The Labute approximate surface area is 157 Å². The molecule has 0 aliphatic carbocycles. The maximum Gasteiger partial charge on any atom is 0.311 e. The second-order valence-corrected chi connectivity index (χ2v) is 6.00. The third-order valence-corrected chi connectivity index (χ3v) is 4.21. The predicted octanol–water partition coefficient (Wildman–Crippen LogP) is 5.36. The van der Waals surface area contributed by atoms with E-state index in [0.717, 1.165) is 6.07 Å². The zero-order valence-corrected chi connectivity index (χ0v) is 14.5. The van der Waals surface area contributed by atoms with E-state index in [4.69, 9.17) is 9.15 Å². The van der Waals surface area contributed by atoms with Crippen LogP contribution in [0.5, 0.6) is 5.75 Å². The Bertz CT molecular complexity index is 1200. The number of fused-ring (bicyclic) bond motifs is 1. The second kappa shape index (κ2) is 6.73. The minimum Gasteiger partial charge on any atom is -0.490 e. The summed E-state index contributed by atoms with van der Waals surface area (Å²) in [5, 5.41) is 11.2. The highest BCUT2D eigenvalue weighted by Crippen LogP contribution is 2.34. The Hall–Kier alpha value is -3.81. The number of nitrogens with zero attached hydrogens (tertiary/aromatic N) is 2. The molecule has 1 aromatic heterocycles. The molecular formula is C20H12F2N2O4. The van der Waals surface area contributed by atoms with Crippen LogP contribution >= 0.6 is 0 Å². The third kappa shape index (κ3) is 3.16. The molecule has 0 saturated heterocycles. The van der Waals surface area contributed by atoms with E-state index in [0.29, 0.717) is 27.8 Å². The molecule has 0 amide bonds. The van der Waals surface area contributed by atoms with Gasteiger partial charge in [-0.05, 0) is 47.5 Å². The molecule has 28 heavy (non-hydrogen) atoms. The lowest BCUT2D eigenvalue weighted by Gasteiger charge is -2.02. The average molecular weight is 382 g/mol. The number of halogens is 2. The summed E-state index contributed by atoms with van der Waals surface area (Å²) in [6, 6.07) is 12.5. The predicted molar refractivity (Wildman–Crippen MR) is 98.0 cm³/mol. The number of oxazole rings is 1. The number of hydrogen-bond donors (Lipinski definition) is 0. The SMILES string of the molecule is COc1ccc(-c2nc3cc(-c4cc(F)cc(F)c4)ccc3o2)cc1[N+](=O)[O-]. The number of methoxy groups -OCH3 is 1. The van der Waals surface area contributed by atoms with E-state index in [-0.39, 0.29) is 17.3 Å². The van der Waals surface area contributed by atoms with Gasteiger partial charge in [-0.1, -0.05) is 6.07 Å². The molecule has 0 atom stereocenters. The van der Waals surface area contributed by atoms with Gasteiger partial charge in [0.2, 0.25) is 5.89 Å². The van der Waals surface area contributed by atoms with Gasteiger partial charge in [0.05, 0.1) is 12.0 Å². The van der Waals surface area contributed by atoms with Crippen molar-refractivity contribution >= 4 is 16.8 Å². The molecule has 0 bridgehead atoms. The van der Waals surface area contributed by atoms with Crippen molar-refractivity contribution in [2.75, 3.05) is 7.11 Å². The van der Waals surface area contributed by atoms with Crippen molar-refractivity contribution in [1.82, 2.24) is 4.98 Å². The lowest BCUT2D eigenvalue weighted by molar-refractivity contribution is -0.385. The molecule has 4 rings (SSSR count). The molecule has 3 aromatic carbocycles. The van der Waals surface area contributed by atoms with E-state index in [1.807, 2.05) is 0 Å². The molecule has 8 heteroatoms. The lowest BCUT2D eigenvalue weighted by atomic mass is 10.1. The molecule has 0 saturated carbocycles. The first kappa shape index (κ1) is 17.6. The van der Waals surface area contributed by atoms with Gasteiger partial charge in [-0.2, -0.15) is 0 Å². The monoisotopic (exact) mass is 382 g/mol. The van der Waals surface area contributed by atoms with Crippen LogP contribution in [-0.2, 0) is 0 Å². The highest BCUT2D eigenvalue weighted by atomic mass is 19.1. The van der Waals surface area contributed by atoms with Gasteiger partial charge in [0.25, 0.3) is 0 Å². The molecule has 1 heterocycles. The third-order valence-electron chi connectivity index (χ3n) is 4.21. The molecule has 0 aliphatic rings. The summed E-state index contributed by atoms with van der Waals surface area (Å²) in [5.74, 6) is -1.05. The lowest BCUT2D eigenvalue weighted by Crippen LogP contribution is -1.94. The van der Waals surface area contributed by atoms with Gasteiger partial charge in [-0.25, -0.2) is 13.8 Å². The zero-order chi connectivity index (χ0) is 19.8. The number of nitro benzene ring substituents is 1. The maximum absolute atomic E-state index is 13.5. The quantitative estimate of drug-likeness (QED) is 0.351. The molecule has 0 unspecified atom stereocenters. The first-order valence-corrected chi connectivity index (χ1v) is 8.14. The van der Waals surface area contributed by atoms with Gasteiger partial charge in [-0.3, -0.25) is 10.1 Å². The molecule has 0 aliphatic heterocycles. The summed E-state index contributed by atoms with van der Waals surface area (Å²) >= 11 is 0. The standard InChI is InChI=1S/C20H12F2N2O4/c1-27-19-5-3-12(9-17(19)24(25)26)20-23-16-8-11(2-4-18(16)28-20)13-6-14(21)10-15(22)7-13/h2-10H,1H3. The summed E-state index contributed by atoms with van der Waals surface area (Å²) in [7, 11) is 1.35. The zero-order valence-electron chi connectivity index (χ0n) is 14.5. The molecule has 0 radical (unpaired) electrons. The van der Waals surface area contributed by atoms with Crippen molar-refractivity contribution in [3.63, 3.8) is 0 Å². The van der Waals surface area contributed by atoms with E-state index in [2.05, 4.69) is 4.98 Å². The van der Waals surface area contributed by atoms with Crippen molar-refractivity contribution < 1.29 is 22.9 Å². The van der Waals surface area contributed by atoms with Crippen molar-refractivity contribution in [2.24, 2.45) is 0 Å². The summed E-state index contributed by atoms with van der Waals surface area (Å²) in [6.45, 7) is 0. The number of benzene rings is 3. The van der Waals surface area contributed by atoms with Crippen LogP contribution in [0.2, 0.25) is 0 Å². The van der Waals surface area contributed by atoms with Gasteiger partial charge in [0.1, 0.15) is 17.2 Å². The molecule has 0 spiro atoms. The van der Waals surface area contributed by atoms with E-state index in [1.54, 1.807) is 24.3 Å². The number of hydrogen-bond acceptors (Lipinski definition) is 5. The molecule has 4 aromatic rings. The van der Waals surface area contributed by atoms with Crippen LogP contribution in [0, 0.1) is 21.7 Å². The highest BCUT2D eigenvalue weighted by molar-refractivity contribution is 5.82. The molecule has 140 valence electrons. The first-order valence-electron chi connectivity index (χ1n) is 8.14. The summed E-state index contributed by atoms with van der Waals surface area (Å²) < 4.78 is 37.6. The van der Waals surface area contributed by atoms with Crippen molar-refractivity contribution in [1.29, 1.82) is 0 Å². The largest absolute Gasteiger partial charge is 0.490 e. The fourth-order valence-electron chi connectivity index (χ4n) is 2.92. The fraction of sp³-hybridized carbons (Fsp3) is 0.0500. The topological polar surface area (TPSA) is 78.4 Å². The number of ether oxygens (including phenoxy) is 1. The van der Waals surface area contributed by atoms with Gasteiger partial charge >= 0.3 is 5.69 Å². The van der Waals surface area contributed by atoms with Gasteiger partial charge in [-0.15, -0.1) is 0 Å². The van der Waals surface area contributed by atoms with E-state index >= 15 is 0 Å². The van der Waals surface area contributed by atoms with Gasteiger partial charge in [0.15, 0.2) is 11.3 Å². The number of rotatable bonds is 4. The first-order chi connectivity index (χ1) is 13.4. The smallest absolute Gasteiger partial charge is 0.311 e. The minimum absolute atomic E-state index is 0.125. The molecule has 6 nitrogen and oxygen atoms in total. The van der Waals surface area contributed by atoms with Crippen LogP contribution in [0.25, 0.3) is 33.7 Å². The fourth-order valence-corrected chi connectivity index (χ4v) is 2.92. The summed E-state index contributed by atoms with van der Waals surface area (Å²) in [6.07, 6.45) is 0. The Balaban J connectivity index is 1.78. The Morgan fingerprint density at radius 3 is 2.36 bits per heavy atom. The Morgan fingerprint density at radius 1 is 0.964 bits per heavy atom. The molecule has 0 N–H and O–H groups in total. The van der Waals surface area contributed by atoms with Crippen LogP contribution in [-0.4, -0.2) is 17.0 Å². The van der Waals surface area contributed by atoms with Crippen molar-refractivity contribution in [3.8, 4) is 28.3 Å². The normalized spacial score (nSPS) is 11.0. The van der Waals surface area contributed by atoms with Crippen LogP contribution in [0.4, 0.5) is 14.5 Å². The van der Waals surface area contributed by atoms with E-state index in [1.165, 1.54) is 31.4 Å². The van der Waals surface area contributed by atoms with Gasteiger partial charge < -0.3 is 9.15 Å². The van der Waals surface area contributed by atoms with Gasteiger partial charge in [0, 0.05) is 17.7 Å². The highest BCUT2D eigenvalue weighted by Gasteiger charge is 2.18. The van der Waals surface area contributed by atoms with E-state index < -0.39 is 16.6 Å².